The lowest BCUT2D eigenvalue weighted by Gasteiger charge is -2.17. The van der Waals surface area contributed by atoms with Crippen LogP contribution in [-0.2, 0) is 26.7 Å². The zero-order valence-corrected chi connectivity index (χ0v) is 14.6. The van der Waals surface area contributed by atoms with Crippen molar-refractivity contribution < 1.29 is 23.1 Å². The van der Waals surface area contributed by atoms with Crippen molar-refractivity contribution in [2.75, 3.05) is 0 Å². The summed E-state index contributed by atoms with van der Waals surface area (Å²) in [5, 5.41) is 15.2. The largest absolute Gasteiger partial charge is 0.481 e. The highest BCUT2D eigenvalue weighted by molar-refractivity contribution is 7.89. The summed E-state index contributed by atoms with van der Waals surface area (Å²) in [7, 11) is -2.28. The van der Waals surface area contributed by atoms with Gasteiger partial charge in [-0.2, -0.15) is 9.82 Å². The highest BCUT2D eigenvalue weighted by Gasteiger charge is 2.28. The first-order chi connectivity index (χ1) is 10.5. The minimum absolute atomic E-state index is 0.0400. The molecule has 0 bridgehead atoms. The minimum Gasteiger partial charge on any atom is -0.481 e. The van der Waals surface area contributed by atoms with E-state index >= 15 is 0 Å². The van der Waals surface area contributed by atoms with E-state index in [1.807, 2.05) is 0 Å². The molecule has 0 fully saturated rings. The number of carboxylic acid groups (broad SMARTS) is 1. The van der Waals surface area contributed by atoms with Gasteiger partial charge in [0.2, 0.25) is 15.9 Å². The van der Waals surface area contributed by atoms with Gasteiger partial charge in [-0.05, 0) is 27.7 Å². The molecule has 0 spiro atoms. The first-order valence-electron chi connectivity index (χ1n) is 7.00. The van der Waals surface area contributed by atoms with E-state index in [1.165, 1.54) is 18.5 Å². The normalized spacial score (nSPS) is 14.3. The highest BCUT2D eigenvalue weighted by atomic mass is 32.2. The Morgan fingerprint density at radius 2 is 1.87 bits per heavy atom. The van der Waals surface area contributed by atoms with E-state index in [2.05, 4.69) is 15.1 Å². The predicted molar refractivity (Wildman–Crippen MR) is 82.3 cm³/mol. The van der Waals surface area contributed by atoms with Crippen molar-refractivity contribution in [2.45, 2.75) is 51.1 Å². The van der Waals surface area contributed by atoms with Crippen molar-refractivity contribution in [3.8, 4) is 0 Å². The summed E-state index contributed by atoms with van der Waals surface area (Å²) < 4.78 is 28.6. The maximum atomic E-state index is 12.4. The number of hydrogen-bond donors (Lipinski definition) is 3. The first-order valence-corrected chi connectivity index (χ1v) is 8.48. The molecule has 0 aromatic carbocycles. The van der Waals surface area contributed by atoms with Crippen molar-refractivity contribution in [1.82, 2.24) is 19.8 Å². The van der Waals surface area contributed by atoms with Crippen molar-refractivity contribution in [1.29, 1.82) is 0 Å². The predicted octanol–water partition coefficient (Wildman–Crippen LogP) is -0.317. The van der Waals surface area contributed by atoms with E-state index in [-0.39, 0.29) is 11.3 Å². The van der Waals surface area contributed by atoms with Crippen molar-refractivity contribution >= 4 is 21.9 Å². The van der Waals surface area contributed by atoms with Crippen LogP contribution in [0.2, 0.25) is 0 Å². The average molecular weight is 346 g/mol. The van der Waals surface area contributed by atoms with Gasteiger partial charge in [0.25, 0.3) is 0 Å². The van der Waals surface area contributed by atoms with E-state index in [0.717, 1.165) is 0 Å². The van der Waals surface area contributed by atoms with Crippen molar-refractivity contribution in [2.24, 2.45) is 7.05 Å². The molecule has 3 N–H and O–H groups in total. The highest BCUT2D eigenvalue weighted by Crippen LogP contribution is 2.18. The molecule has 0 aliphatic heterocycles. The molecule has 9 nitrogen and oxygen atoms in total. The minimum atomic E-state index is -3.91. The molecule has 10 heteroatoms. The number of sulfonamides is 1. The molecule has 0 aliphatic carbocycles. The monoisotopic (exact) mass is 346 g/mol. The second kappa shape index (κ2) is 7.09. The van der Waals surface area contributed by atoms with Crippen LogP contribution in [0, 0.1) is 13.8 Å². The third-order valence-electron chi connectivity index (χ3n) is 3.31. The maximum absolute atomic E-state index is 12.4. The van der Waals surface area contributed by atoms with Crippen LogP contribution in [0.3, 0.4) is 0 Å². The molecular weight excluding hydrogens is 324 g/mol. The van der Waals surface area contributed by atoms with Gasteiger partial charge >= 0.3 is 5.97 Å². The standard InChI is InChI=1S/C13H22N4O5S/c1-7(6-11(18)19)14-13(20)9(3)16-23(21,22)12-8(2)15-17(5)10(12)4/h7,9,16H,6H2,1-5H3,(H,14,20)(H,18,19). The second-order valence-corrected chi connectivity index (χ2v) is 7.12. The van der Waals surface area contributed by atoms with E-state index in [1.54, 1.807) is 20.9 Å². The Labute approximate surface area is 135 Å². The van der Waals surface area contributed by atoms with E-state index in [4.69, 9.17) is 5.11 Å². The number of rotatable bonds is 7. The third kappa shape index (κ3) is 4.76. The number of hydrogen-bond acceptors (Lipinski definition) is 5. The van der Waals surface area contributed by atoms with E-state index in [0.29, 0.717) is 11.4 Å². The van der Waals surface area contributed by atoms with Gasteiger partial charge in [-0.15, -0.1) is 0 Å². The van der Waals surface area contributed by atoms with Crippen LogP contribution in [0.1, 0.15) is 31.7 Å². The fraction of sp³-hybridized carbons (Fsp3) is 0.615. The number of nitrogens with zero attached hydrogens (tertiary/aromatic N) is 2. The molecule has 1 aromatic heterocycles. The Bertz CT molecular complexity index is 710. The Morgan fingerprint density at radius 1 is 1.30 bits per heavy atom. The number of carbonyl (C=O) groups is 2. The number of carboxylic acids is 1. The van der Waals surface area contributed by atoms with Crippen LogP contribution >= 0.6 is 0 Å². The summed E-state index contributed by atoms with van der Waals surface area (Å²) in [5.41, 5.74) is 0.797. The number of aryl methyl sites for hydroxylation is 2. The van der Waals surface area contributed by atoms with Crippen molar-refractivity contribution in [3.63, 3.8) is 0 Å². The molecule has 2 atom stereocenters. The summed E-state index contributed by atoms with van der Waals surface area (Å²) in [4.78, 5) is 22.6. The van der Waals surface area contributed by atoms with Crippen LogP contribution in [0.25, 0.3) is 0 Å². The zero-order chi connectivity index (χ0) is 17.9. The third-order valence-corrected chi connectivity index (χ3v) is 5.10. The second-order valence-electron chi connectivity index (χ2n) is 5.47. The molecule has 0 saturated carbocycles. The molecular formula is C13H22N4O5S. The van der Waals surface area contributed by atoms with Gasteiger partial charge in [-0.25, -0.2) is 8.42 Å². The molecule has 130 valence electrons. The van der Waals surface area contributed by atoms with Crippen molar-refractivity contribution in [3.05, 3.63) is 11.4 Å². The average Bonchev–Trinajstić information content (AvgIpc) is 2.61. The van der Waals surface area contributed by atoms with Gasteiger partial charge in [-0.1, -0.05) is 0 Å². The molecule has 2 unspecified atom stereocenters. The maximum Gasteiger partial charge on any atom is 0.305 e. The number of aliphatic carboxylic acids is 1. The lowest BCUT2D eigenvalue weighted by molar-refractivity contribution is -0.137. The van der Waals surface area contributed by atoms with Gasteiger partial charge in [0.15, 0.2) is 0 Å². The van der Waals surface area contributed by atoms with Crippen LogP contribution in [0.5, 0.6) is 0 Å². The molecule has 0 radical (unpaired) electrons. The Balaban J connectivity index is 2.85. The SMILES string of the molecule is Cc1nn(C)c(C)c1S(=O)(=O)NC(C)C(=O)NC(C)CC(=O)O. The summed E-state index contributed by atoms with van der Waals surface area (Å²) in [6.45, 7) is 6.11. The molecule has 23 heavy (non-hydrogen) atoms. The van der Waals surface area contributed by atoms with Crippen LogP contribution < -0.4 is 10.0 Å². The zero-order valence-electron chi connectivity index (χ0n) is 13.7. The summed E-state index contributed by atoms with van der Waals surface area (Å²) in [6.07, 6.45) is -0.244. The van der Waals surface area contributed by atoms with Gasteiger partial charge in [-0.3, -0.25) is 14.3 Å². The Kier molecular flexibility index (Phi) is 5.89. The van der Waals surface area contributed by atoms with Crippen LogP contribution in [0.15, 0.2) is 4.90 Å². The van der Waals surface area contributed by atoms with Gasteiger partial charge in [0.1, 0.15) is 4.90 Å². The summed E-state index contributed by atoms with van der Waals surface area (Å²) in [5.74, 6) is -1.64. The summed E-state index contributed by atoms with van der Waals surface area (Å²) >= 11 is 0. The lowest BCUT2D eigenvalue weighted by Crippen LogP contribution is -2.47. The Hall–Kier alpha value is -1.94. The Morgan fingerprint density at radius 3 is 2.30 bits per heavy atom. The summed E-state index contributed by atoms with van der Waals surface area (Å²) in [6, 6.07) is -1.65. The number of amides is 1. The number of nitrogens with one attached hydrogen (secondary N) is 2. The smallest absolute Gasteiger partial charge is 0.305 e. The fourth-order valence-electron chi connectivity index (χ4n) is 2.17. The quantitative estimate of drug-likeness (QED) is 0.620. The van der Waals surface area contributed by atoms with Gasteiger partial charge < -0.3 is 10.4 Å². The number of aromatic nitrogens is 2. The van der Waals surface area contributed by atoms with Crippen LogP contribution in [-0.4, -0.2) is 47.3 Å². The molecule has 0 saturated heterocycles. The molecule has 0 aliphatic rings. The number of carbonyl (C=O) groups excluding carboxylic acids is 1. The van der Waals surface area contributed by atoms with Crippen LogP contribution in [0.4, 0.5) is 0 Å². The molecule has 1 aromatic rings. The lowest BCUT2D eigenvalue weighted by atomic mass is 10.2. The molecule has 1 heterocycles. The first kappa shape index (κ1) is 19.1. The van der Waals surface area contributed by atoms with Gasteiger partial charge in [0.05, 0.1) is 23.9 Å². The molecule has 1 amide bonds. The van der Waals surface area contributed by atoms with E-state index < -0.39 is 34.0 Å². The van der Waals surface area contributed by atoms with Gasteiger partial charge in [0, 0.05) is 13.1 Å². The topological polar surface area (TPSA) is 130 Å². The molecule has 1 rings (SSSR count). The fourth-order valence-corrected chi connectivity index (χ4v) is 3.81. The van der Waals surface area contributed by atoms with E-state index in [9.17, 15) is 18.0 Å².